The van der Waals surface area contributed by atoms with Crippen molar-refractivity contribution in [1.29, 1.82) is 0 Å². The highest BCUT2D eigenvalue weighted by molar-refractivity contribution is 5.00. The van der Waals surface area contributed by atoms with Gasteiger partial charge < -0.3 is 14.6 Å². The second-order valence-electron chi connectivity index (χ2n) is 6.36. The summed E-state index contributed by atoms with van der Waals surface area (Å²) in [5, 5.41) is 10.9. The first-order chi connectivity index (χ1) is 8.12. The van der Waals surface area contributed by atoms with Gasteiger partial charge in [0.1, 0.15) is 0 Å². The van der Waals surface area contributed by atoms with E-state index in [9.17, 15) is 5.11 Å². The van der Waals surface area contributed by atoms with Crippen molar-refractivity contribution in [3.05, 3.63) is 0 Å². The minimum absolute atomic E-state index is 0.131. The molecule has 3 unspecified atom stereocenters. The molecule has 1 spiro atoms. The monoisotopic (exact) mass is 240 g/mol. The van der Waals surface area contributed by atoms with Crippen molar-refractivity contribution in [3.63, 3.8) is 0 Å². The van der Waals surface area contributed by atoms with Crippen LogP contribution >= 0.6 is 0 Å². The van der Waals surface area contributed by atoms with Crippen LogP contribution in [0.2, 0.25) is 0 Å². The second kappa shape index (κ2) is 4.22. The third-order valence-electron chi connectivity index (χ3n) is 5.34. The van der Waals surface area contributed by atoms with Gasteiger partial charge >= 0.3 is 0 Å². The summed E-state index contributed by atoms with van der Waals surface area (Å²) in [6.07, 6.45) is 6.75. The van der Waals surface area contributed by atoms with Crippen LogP contribution in [0, 0.1) is 11.8 Å². The van der Waals surface area contributed by atoms with Gasteiger partial charge in [-0.2, -0.15) is 0 Å². The summed E-state index contributed by atoms with van der Waals surface area (Å²) in [5.41, 5.74) is -0.435. The van der Waals surface area contributed by atoms with Crippen molar-refractivity contribution in [3.8, 4) is 0 Å². The molecule has 1 aliphatic carbocycles. The molecular formula is C14H24O3. The summed E-state index contributed by atoms with van der Waals surface area (Å²) in [4.78, 5) is 0. The molecule has 1 saturated carbocycles. The van der Waals surface area contributed by atoms with Crippen LogP contribution in [0.1, 0.15) is 45.4 Å². The van der Waals surface area contributed by atoms with Crippen LogP contribution in [-0.4, -0.2) is 36.1 Å². The van der Waals surface area contributed by atoms with Crippen molar-refractivity contribution in [1.82, 2.24) is 0 Å². The molecule has 17 heavy (non-hydrogen) atoms. The van der Waals surface area contributed by atoms with Crippen molar-refractivity contribution < 1.29 is 14.6 Å². The first kappa shape index (κ1) is 11.9. The Morgan fingerprint density at radius 2 is 1.94 bits per heavy atom. The lowest BCUT2D eigenvalue weighted by Crippen LogP contribution is -2.53. The van der Waals surface area contributed by atoms with Crippen molar-refractivity contribution in [2.24, 2.45) is 11.8 Å². The average molecular weight is 240 g/mol. The molecule has 0 aromatic rings. The first-order valence-corrected chi connectivity index (χ1v) is 7.06. The minimum Gasteiger partial charge on any atom is -0.390 e. The van der Waals surface area contributed by atoms with Gasteiger partial charge in [-0.25, -0.2) is 0 Å². The smallest absolute Gasteiger partial charge is 0.0700 e. The van der Waals surface area contributed by atoms with Crippen LogP contribution in [0.15, 0.2) is 0 Å². The molecule has 2 heterocycles. The van der Waals surface area contributed by atoms with E-state index >= 15 is 0 Å². The summed E-state index contributed by atoms with van der Waals surface area (Å²) >= 11 is 0. The van der Waals surface area contributed by atoms with Crippen LogP contribution in [-0.2, 0) is 9.47 Å². The Hall–Kier alpha value is -0.120. The Bertz CT molecular complexity index is 277. The summed E-state index contributed by atoms with van der Waals surface area (Å²) in [7, 11) is 0. The number of hydrogen-bond donors (Lipinski definition) is 1. The van der Waals surface area contributed by atoms with Gasteiger partial charge in [0.25, 0.3) is 0 Å². The van der Waals surface area contributed by atoms with Crippen LogP contribution in [0.25, 0.3) is 0 Å². The minimum atomic E-state index is -0.567. The molecule has 0 bridgehead atoms. The van der Waals surface area contributed by atoms with Gasteiger partial charge in [-0.3, -0.25) is 0 Å². The van der Waals surface area contributed by atoms with Crippen molar-refractivity contribution >= 4 is 0 Å². The van der Waals surface area contributed by atoms with Gasteiger partial charge in [-0.15, -0.1) is 0 Å². The van der Waals surface area contributed by atoms with E-state index < -0.39 is 5.60 Å². The van der Waals surface area contributed by atoms with Gasteiger partial charge in [0.15, 0.2) is 0 Å². The lowest BCUT2D eigenvalue weighted by molar-refractivity contribution is -0.182. The molecule has 3 atom stereocenters. The standard InChI is InChI=1S/C14H24O3/c1-13(15,12-3-7-16-10-12)11-4-8-17-14(9-11)5-2-6-14/h11-12,15H,2-10H2,1H3. The van der Waals surface area contributed by atoms with E-state index in [1.807, 2.05) is 6.92 Å². The van der Waals surface area contributed by atoms with E-state index in [0.29, 0.717) is 11.8 Å². The fourth-order valence-corrected chi connectivity index (χ4v) is 3.77. The first-order valence-electron chi connectivity index (χ1n) is 7.06. The van der Waals surface area contributed by atoms with E-state index in [4.69, 9.17) is 9.47 Å². The molecule has 0 radical (unpaired) electrons. The van der Waals surface area contributed by atoms with E-state index in [0.717, 1.165) is 39.1 Å². The van der Waals surface area contributed by atoms with E-state index in [1.165, 1.54) is 19.3 Å². The molecule has 2 aliphatic heterocycles. The average Bonchev–Trinajstić information content (AvgIpc) is 2.81. The largest absolute Gasteiger partial charge is 0.390 e. The lowest BCUT2D eigenvalue weighted by Gasteiger charge is -2.51. The van der Waals surface area contributed by atoms with E-state index in [2.05, 4.69) is 0 Å². The van der Waals surface area contributed by atoms with Gasteiger partial charge in [-0.1, -0.05) is 0 Å². The zero-order chi connectivity index (χ0) is 11.9. The highest BCUT2D eigenvalue weighted by Crippen LogP contribution is 2.48. The second-order valence-corrected chi connectivity index (χ2v) is 6.36. The molecule has 2 saturated heterocycles. The quantitative estimate of drug-likeness (QED) is 0.803. The van der Waals surface area contributed by atoms with Gasteiger partial charge in [0, 0.05) is 19.1 Å². The lowest BCUT2D eigenvalue weighted by atomic mass is 9.65. The van der Waals surface area contributed by atoms with Crippen LogP contribution in [0.3, 0.4) is 0 Å². The number of aliphatic hydroxyl groups is 1. The van der Waals surface area contributed by atoms with Gasteiger partial charge in [0.2, 0.25) is 0 Å². The van der Waals surface area contributed by atoms with Crippen LogP contribution < -0.4 is 0 Å². The molecule has 0 aromatic heterocycles. The topological polar surface area (TPSA) is 38.7 Å². The fraction of sp³-hybridized carbons (Fsp3) is 1.00. The number of hydrogen-bond acceptors (Lipinski definition) is 3. The fourth-order valence-electron chi connectivity index (χ4n) is 3.77. The molecule has 98 valence electrons. The molecule has 3 heteroatoms. The third kappa shape index (κ3) is 2.02. The molecule has 3 nitrogen and oxygen atoms in total. The number of rotatable bonds is 2. The molecular weight excluding hydrogens is 216 g/mol. The summed E-state index contributed by atoms with van der Waals surface area (Å²) in [6, 6.07) is 0. The summed E-state index contributed by atoms with van der Waals surface area (Å²) < 4.78 is 11.4. The molecule has 3 rings (SSSR count). The van der Waals surface area contributed by atoms with Crippen molar-refractivity contribution in [2.75, 3.05) is 19.8 Å². The maximum atomic E-state index is 10.9. The van der Waals surface area contributed by atoms with Crippen molar-refractivity contribution in [2.45, 2.75) is 56.7 Å². The summed E-state index contributed by atoms with van der Waals surface area (Å²) in [6.45, 7) is 4.40. The Morgan fingerprint density at radius 1 is 1.18 bits per heavy atom. The van der Waals surface area contributed by atoms with E-state index in [-0.39, 0.29) is 5.60 Å². The maximum absolute atomic E-state index is 10.9. The highest BCUT2D eigenvalue weighted by atomic mass is 16.5. The van der Waals surface area contributed by atoms with E-state index in [1.54, 1.807) is 0 Å². The summed E-state index contributed by atoms with van der Waals surface area (Å²) in [5.74, 6) is 0.714. The SMILES string of the molecule is CC(O)(C1CCOC1)C1CCOC2(CCC2)C1. The normalized spacial score (nSPS) is 39.9. The van der Waals surface area contributed by atoms with Crippen LogP contribution in [0.5, 0.6) is 0 Å². The van der Waals surface area contributed by atoms with Crippen LogP contribution in [0.4, 0.5) is 0 Å². The Labute approximate surface area is 103 Å². The predicted octanol–water partition coefficient (Wildman–Crippen LogP) is 2.12. The molecule has 1 N–H and O–H groups in total. The van der Waals surface area contributed by atoms with Gasteiger partial charge in [0.05, 0.1) is 17.8 Å². The molecule has 0 amide bonds. The Balaban J connectivity index is 1.69. The molecule has 3 aliphatic rings. The Kier molecular flexibility index (Phi) is 2.96. The number of ether oxygens (including phenoxy) is 2. The molecule has 0 aromatic carbocycles. The zero-order valence-corrected chi connectivity index (χ0v) is 10.8. The Morgan fingerprint density at radius 3 is 2.53 bits per heavy atom. The molecule has 3 fully saturated rings. The maximum Gasteiger partial charge on any atom is 0.0700 e. The highest BCUT2D eigenvalue weighted by Gasteiger charge is 2.49. The zero-order valence-electron chi connectivity index (χ0n) is 10.8. The third-order valence-corrected chi connectivity index (χ3v) is 5.34. The van der Waals surface area contributed by atoms with Gasteiger partial charge in [-0.05, 0) is 51.4 Å². The predicted molar refractivity (Wildman–Crippen MR) is 64.8 cm³/mol.